The number of fused-ring (bicyclic) bond motifs is 2. The van der Waals surface area contributed by atoms with Crippen LogP contribution in [0, 0.1) is 56.7 Å². The number of epoxide rings is 1. The van der Waals surface area contributed by atoms with Gasteiger partial charge in [-0.1, -0.05) is 41.5 Å². The lowest BCUT2D eigenvalue weighted by atomic mass is 9.41. The minimum atomic E-state index is 0.162. The summed E-state index contributed by atoms with van der Waals surface area (Å²) in [5, 5.41) is 0. The molecule has 0 bridgehead atoms. The summed E-state index contributed by atoms with van der Waals surface area (Å²) in [5.74, 6) is 4.71. The Morgan fingerprint density at radius 1 is 0.781 bits per heavy atom. The Hall–Kier alpha value is -0.0400. The molecule has 5 saturated carbocycles. The lowest BCUT2D eigenvalue weighted by Crippen LogP contribution is -2.56. The highest BCUT2D eigenvalue weighted by molar-refractivity contribution is 5.30. The topological polar surface area (TPSA) is 12.5 Å². The average molecular weight is 441 g/mol. The summed E-state index contributed by atoms with van der Waals surface area (Å²) < 4.78 is 5.93. The molecule has 1 saturated heterocycles. The maximum Gasteiger partial charge on any atom is 0.0892 e. The molecule has 0 N–H and O–H groups in total. The molecule has 0 amide bonds. The molecule has 1 heteroatoms. The molecule has 1 aliphatic heterocycles. The number of rotatable bonds is 4. The molecule has 3 unspecified atom stereocenters. The maximum absolute atomic E-state index is 5.93. The first kappa shape index (κ1) is 22.4. The van der Waals surface area contributed by atoms with Gasteiger partial charge in [0.1, 0.15) is 0 Å². The molecule has 10 atom stereocenters. The fraction of sp³-hybridized carbons (Fsp3) is 1.00. The van der Waals surface area contributed by atoms with Crippen molar-refractivity contribution in [3.63, 3.8) is 0 Å². The highest BCUT2D eigenvalue weighted by Gasteiger charge is 2.81. The van der Waals surface area contributed by atoms with Gasteiger partial charge in [0.15, 0.2) is 0 Å². The van der Waals surface area contributed by atoms with E-state index < -0.39 is 0 Å². The van der Waals surface area contributed by atoms with Crippen LogP contribution in [0.2, 0.25) is 0 Å². The zero-order chi connectivity index (χ0) is 22.9. The van der Waals surface area contributed by atoms with Crippen LogP contribution in [0.4, 0.5) is 0 Å². The van der Waals surface area contributed by atoms with E-state index in [4.69, 9.17) is 4.74 Å². The summed E-state index contributed by atoms with van der Waals surface area (Å²) in [6.45, 7) is 20.5. The molecular weight excluding hydrogens is 388 g/mol. The Morgan fingerprint density at radius 2 is 1.44 bits per heavy atom. The van der Waals surface area contributed by atoms with Gasteiger partial charge in [-0.2, -0.15) is 0 Å². The zero-order valence-electron chi connectivity index (χ0n) is 22.7. The van der Waals surface area contributed by atoms with E-state index in [2.05, 4.69) is 55.4 Å². The van der Waals surface area contributed by atoms with Crippen LogP contribution >= 0.6 is 0 Å². The molecule has 0 aromatic carbocycles. The molecular formula is C31H52O. The van der Waals surface area contributed by atoms with E-state index >= 15 is 0 Å². The summed E-state index contributed by atoms with van der Waals surface area (Å²) in [6, 6.07) is 0. The monoisotopic (exact) mass is 440 g/mol. The molecule has 0 aromatic heterocycles. The minimum absolute atomic E-state index is 0.162. The normalized spacial score (nSPS) is 57.6. The van der Waals surface area contributed by atoms with E-state index in [-0.39, 0.29) is 5.60 Å². The van der Waals surface area contributed by atoms with E-state index in [1.165, 1.54) is 44.9 Å². The third-order valence-corrected chi connectivity index (χ3v) is 14.5. The second-order valence-corrected chi connectivity index (χ2v) is 15.7. The zero-order valence-corrected chi connectivity index (χ0v) is 22.7. The standard InChI is InChI=1S/C31H52O/c1-20(9-12-25-27(5,6)32-25)22-14-15-29(8)24-11-10-23-26(3,4)21(2)13-16-30(23)19-31(24,30)18-17-28(22,29)7/h20-25H,9-19H2,1-8H3/t20-,21+,22?,23+,24+,25?,28-,29+,30-,31?/m1/s1. The van der Waals surface area contributed by atoms with Crippen molar-refractivity contribution in [2.45, 2.75) is 138 Å². The van der Waals surface area contributed by atoms with Crippen LogP contribution in [0.5, 0.6) is 0 Å². The van der Waals surface area contributed by atoms with Crippen LogP contribution in [-0.4, -0.2) is 11.7 Å². The number of hydrogen-bond acceptors (Lipinski definition) is 1. The van der Waals surface area contributed by atoms with E-state index in [0.717, 1.165) is 40.4 Å². The summed E-state index contributed by atoms with van der Waals surface area (Å²) in [5.41, 5.74) is 3.33. The van der Waals surface area contributed by atoms with Gasteiger partial charge in [-0.3, -0.25) is 0 Å². The van der Waals surface area contributed by atoms with Gasteiger partial charge in [-0.15, -0.1) is 0 Å². The second-order valence-electron chi connectivity index (χ2n) is 15.7. The van der Waals surface area contributed by atoms with Crippen molar-refractivity contribution in [3.8, 4) is 0 Å². The average Bonchev–Trinajstić information content (AvgIpc) is 3.53. The fourth-order valence-corrected chi connectivity index (χ4v) is 11.8. The van der Waals surface area contributed by atoms with E-state index in [9.17, 15) is 0 Å². The molecule has 0 radical (unpaired) electrons. The van der Waals surface area contributed by atoms with E-state index in [1.807, 2.05) is 0 Å². The summed E-state index contributed by atoms with van der Waals surface area (Å²) in [7, 11) is 0. The molecule has 32 heavy (non-hydrogen) atoms. The Morgan fingerprint density at radius 3 is 2.12 bits per heavy atom. The first-order chi connectivity index (χ1) is 14.8. The van der Waals surface area contributed by atoms with Crippen LogP contribution in [0.25, 0.3) is 0 Å². The Labute approximate surface area is 199 Å². The molecule has 1 nitrogen and oxygen atoms in total. The smallest absolute Gasteiger partial charge is 0.0892 e. The fourth-order valence-electron chi connectivity index (χ4n) is 11.8. The van der Waals surface area contributed by atoms with Crippen molar-refractivity contribution in [2.24, 2.45) is 56.7 Å². The van der Waals surface area contributed by atoms with Crippen LogP contribution in [0.15, 0.2) is 0 Å². The van der Waals surface area contributed by atoms with Gasteiger partial charge in [0.05, 0.1) is 11.7 Å². The first-order valence-electron chi connectivity index (χ1n) is 14.5. The lowest BCUT2D eigenvalue weighted by molar-refractivity contribution is -0.149. The third-order valence-electron chi connectivity index (χ3n) is 14.5. The number of hydrogen-bond donors (Lipinski definition) is 0. The van der Waals surface area contributed by atoms with Crippen molar-refractivity contribution in [1.82, 2.24) is 0 Å². The molecule has 1 heterocycles. The minimum Gasteiger partial charge on any atom is -0.367 e. The third kappa shape index (κ3) is 2.51. The molecule has 182 valence electrons. The summed E-state index contributed by atoms with van der Waals surface area (Å²) in [4.78, 5) is 0. The van der Waals surface area contributed by atoms with E-state index in [1.54, 1.807) is 25.7 Å². The quantitative estimate of drug-likeness (QED) is 0.398. The van der Waals surface area contributed by atoms with Gasteiger partial charge in [0, 0.05) is 0 Å². The van der Waals surface area contributed by atoms with Gasteiger partial charge in [-0.05, 0) is 141 Å². The van der Waals surface area contributed by atoms with Crippen molar-refractivity contribution < 1.29 is 4.74 Å². The highest BCUT2D eigenvalue weighted by Crippen LogP contribution is 2.89. The Kier molecular flexibility index (Phi) is 4.48. The molecule has 2 spiro atoms. The largest absolute Gasteiger partial charge is 0.367 e. The van der Waals surface area contributed by atoms with Gasteiger partial charge in [0.2, 0.25) is 0 Å². The van der Waals surface area contributed by atoms with Crippen LogP contribution in [-0.2, 0) is 4.74 Å². The molecule has 5 aliphatic carbocycles. The predicted octanol–water partition coefficient (Wildman–Crippen LogP) is 8.66. The maximum atomic E-state index is 5.93. The van der Waals surface area contributed by atoms with Gasteiger partial charge in [-0.25, -0.2) is 0 Å². The van der Waals surface area contributed by atoms with Crippen LogP contribution in [0.3, 0.4) is 0 Å². The molecule has 6 aliphatic rings. The number of ether oxygens (including phenoxy) is 1. The van der Waals surface area contributed by atoms with Crippen molar-refractivity contribution in [3.05, 3.63) is 0 Å². The predicted molar refractivity (Wildman–Crippen MR) is 133 cm³/mol. The Balaban J connectivity index is 1.24. The SMILES string of the molecule is C[C@H](CCC1OC1(C)C)C1CC[C@@]2(C)[C@@H]3CC[C@H]4C(C)(C)[C@@H](C)CC[C@@]45CC35CC[C@]12C. The van der Waals surface area contributed by atoms with Crippen LogP contribution < -0.4 is 0 Å². The van der Waals surface area contributed by atoms with Gasteiger partial charge >= 0.3 is 0 Å². The van der Waals surface area contributed by atoms with Crippen molar-refractivity contribution >= 4 is 0 Å². The van der Waals surface area contributed by atoms with Crippen LogP contribution in [0.1, 0.15) is 126 Å². The summed E-state index contributed by atoms with van der Waals surface area (Å²) >= 11 is 0. The van der Waals surface area contributed by atoms with Gasteiger partial charge < -0.3 is 4.74 Å². The van der Waals surface area contributed by atoms with Crippen molar-refractivity contribution in [2.75, 3.05) is 0 Å². The molecule has 6 fully saturated rings. The van der Waals surface area contributed by atoms with Gasteiger partial charge in [0.25, 0.3) is 0 Å². The lowest BCUT2D eigenvalue weighted by Gasteiger charge is -2.63. The summed E-state index contributed by atoms with van der Waals surface area (Å²) in [6.07, 6.45) is 17.0. The molecule has 0 aromatic rings. The van der Waals surface area contributed by atoms with Crippen molar-refractivity contribution in [1.29, 1.82) is 0 Å². The Bertz CT molecular complexity index is 796. The van der Waals surface area contributed by atoms with E-state index in [0.29, 0.717) is 22.3 Å². The molecule has 6 rings (SSSR count). The second kappa shape index (κ2) is 6.39. The highest BCUT2D eigenvalue weighted by atomic mass is 16.6. The first-order valence-corrected chi connectivity index (χ1v) is 14.5.